The fourth-order valence-corrected chi connectivity index (χ4v) is 2.60. The standard InChI is InChI=1S/C17H22ClF2N5O2/c1-17(2,3)27-16(26)24-12(8-21-4)10-5-6-11(18)13(7-10)25-15(14(19)20)22-9-23-25/h5-7,9,12,14,21H,8H2,1-4H3,(H,24,26). The molecule has 0 spiro atoms. The Labute approximate surface area is 161 Å². The minimum Gasteiger partial charge on any atom is -0.444 e. The maximum Gasteiger partial charge on any atom is 0.408 e. The van der Waals surface area contributed by atoms with Crippen molar-refractivity contribution in [1.29, 1.82) is 0 Å². The lowest BCUT2D eigenvalue weighted by molar-refractivity contribution is 0.0503. The summed E-state index contributed by atoms with van der Waals surface area (Å²) in [6.45, 7) is 5.67. The molecule has 10 heteroatoms. The molecule has 1 amide bonds. The van der Waals surface area contributed by atoms with Gasteiger partial charge in [-0.2, -0.15) is 5.10 Å². The predicted octanol–water partition coefficient (Wildman–Crippen LogP) is 3.64. The minimum atomic E-state index is -2.81. The second-order valence-corrected chi connectivity index (χ2v) is 7.21. The first kappa shape index (κ1) is 21.0. The van der Waals surface area contributed by atoms with Gasteiger partial charge < -0.3 is 15.4 Å². The summed E-state index contributed by atoms with van der Waals surface area (Å²) in [6.07, 6.45) is -2.36. The molecule has 0 saturated heterocycles. The number of carbonyl (C=O) groups is 1. The average molecular weight is 402 g/mol. The van der Waals surface area contributed by atoms with Crippen molar-refractivity contribution in [2.24, 2.45) is 0 Å². The van der Waals surface area contributed by atoms with E-state index in [9.17, 15) is 13.6 Å². The van der Waals surface area contributed by atoms with Gasteiger partial charge in [0.2, 0.25) is 0 Å². The summed E-state index contributed by atoms with van der Waals surface area (Å²) in [5, 5.41) is 9.80. The zero-order valence-electron chi connectivity index (χ0n) is 15.5. The van der Waals surface area contributed by atoms with E-state index in [4.69, 9.17) is 16.3 Å². The molecule has 1 heterocycles. The van der Waals surface area contributed by atoms with Crippen LogP contribution in [-0.2, 0) is 4.74 Å². The molecule has 1 aromatic carbocycles. The highest BCUT2D eigenvalue weighted by Crippen LogP contribution is 2.28. The van der Waals surface area contributed by atoms with Gasteiger partial charge in [-0.05, 0) is 45.5 Å². The van der Waals surface area contributed by atoms with Crippen molar-refractivity contribution in [3.05, 3.63) is 40.9 Å². The minimum absolute atomic E-state index is 0.228. The fraction of sp³-hybridized carbons (Fsp3) is 0.471. The summed E-state index contributed by atoms with van der Waals surface area (Å²) in [7, 11) is 1.73. The molecule has 1 aromatic heterocycles. The molecule has 1 atom stereocenters. The third-order valence-corrected chi connectivity index (χ3v) is 3.79. The Kier molecular flexibility index (Phi) is 6.72. The number of alkyl halides is 2. The Balaban J connectivity index is 2.35. The zero-order chi connectivity index (χ0) is 20.2. The molecule has 0 aliphatic carbocycles. The van der Waals surface area contributed by atoms with Crippen molar-refractivity contribution in [2.75, 3.05) is 13.6 Å². The van der Waals surface area contributed by atoms with Crippen LogP contribution < -0.4 is 10.6 Å². The first-order valence-corrected chi connectivity index (χ1v) is 8.62. The van der Waals surface area contributed by atoms with Crippen molar-refractivity contribution in [1.82, 2.24) is 25.4 Å². The van der Waals surface area contributed by atoms with Crippen molar-refractivity contribution in [3.8, 4) is 5.69 Å². The number of alkyl carbamates (subject to hydrolysis) is 1. The van der Waals surface area contributed by atoms with Gasteiger partial charge in [0.15, 0.2) is 5.82 Å². The number of amides is 1. The van der Waals surface area contributed by atoms with Crippen LogP contribution in [0.15, 0.2) is 24.5 Å². The smallest absolute Gasteiger partial charge is 0.408 e. The van der Waals surface area contributed by atoms with E-state index in [1.165, 1.54) is 0 Å². The van der Waals surface area contributed by atoms with Crippen molar-refractivity contribution in [2.45, 2.75) is 38.8 Å². The molecule has 0 saturated carbocycles. The number of likely N-dealkylation sites (N-methyl/N-ethyl adjacent to an activating group) is 1. The van der Waals surface area contributed by atoms with E-state index in [0.29, 0.717) is 12.1 Å². The van der Waals surface area contributed by atoms with Crippen LogP contribution in [-0.4, -0.2) is 40.1 Å². The van der Waals surface area contributed by atoms with E-state index in [2.05, 4.69) is 20.7 Å². The van der Waals surface area contributed by atoms with E-state index < -0.39 is 30.0 Å². The molecule has 2 rings (SSSR count). The van der Waals surface area contributed by atoms with E-state index in [0.717, 1.165) is 11.0 Å². The topological polar surface area (TPSA) is 81.1 Å². The molecule has 0 aliphatic heterocycles. The van der Waals surface area contributed by atoms with E-state index in [1.807, 2.05) is 0 Å². The highest BCUT2D eigenvalue weighted by atomic mass is 35.5. The van der Waals surface area contributed by atoms with Gasteiger partial charge >= 0.3 is 6.09 Å². The largest absolute Gasteiger partial charge is 0.444 e. The average Bonchev–Trinajstić information content (AvgIpc) is 3.03. The SMILES string of the molecule is CNCC(NC(=O)OC(C)(C)C)c1ccc(Cl)c(-n2ncnc2C(F)F)c1. The number of nitrogens with one attached hydrogen (secondary N) is 2. The molecule has 0 aliphatic rings. The second kappa shape index (κ2) is 8.62. The summed E-state index contributed by atoms with van der Waals surface area (Å²) >= 11 is 6.18. The number of hydrogen-bond donors (Lipinski definition) is 2. The molecule has 2 aromatic rings. The second-order valence-electron chi connectivity index (χ2n) is 6.80. The van der Waals surface area contributed by atoms with Gasteiger partial charge in [0.05, 0.1) is 16.8 Å². The fourth-order valence-electron chi connectivity index (χ4n) is 2.40. The first-order valence-electron chi connectivity index (χ1n) is 8.24. The molecule has 1 unspecified atom stereocenters. The lowest BCUT2D eigenvalue weighted by atomic mass is 10.1. The number of ether oxygens (including phenoxy) is 1. The molecule has 7 nitrogen and oxygen atoms in total. The third kappa shape index (κ3) is 5.61. The number of hydrogen-bond acceptors (Lipinski definition) is 5. The number of aromatic nitrogens is 3. The molecule has 2 N–H and O–H groups in total. The molecule has 0 fully saturated rings. The van der Waals surface area contributed by atoms with Crippen LogP contribution in [0.4, 0.5) is 13.6 Å². The normalized spacial score (nSPS) is 12.9. The summed E-state index contributed by atoms with van der Waals surface area (Å²) < 4.78 is 32.5. The highest BCUT2D eigenvalue weighted by molar-refractivity contribution is 6.32. The third-order valence-electron chi connectivity index (χ3n) is 3.47. The van der Waals surface area contributed by atoms with Crippen LogP contribution in [0.5, 0.6) is 0 Å². The van der Waals surface area contributed by atoms with Gasteiger partial charge in [0.25, 0.3) is 6.43 Å². The Morgan fingerprint density at radius 2 is 2.07 bits per heavy atom. The summed E-state index contributed by atoms with van der Waals surface area (Å²) in [5.74, 6) is -0.515. The van der Waals surface area contributed by atoms with Crippen molar-refractivity contribution in [3.63, 3.8) is 0 Å². The van der Waals surface area contributed by atoms with Gasteiger partial charge in [-0.15, -0.1) is 0 Å². The van der Waals surface area contributed by atoms with Crippen LogP contribution >= 0.6 is 11.6 Å². The number of halogens is 3. The van der Waals surface area contributed by atoms with Crippen molar-refractivity contribution < 1.29 is 18.3 Å². The quantitative estimate of drug-likeness (QED) is 0.772. The highest BCUT2D eigenvalue weighted by Gasteiger charge is 2.23. The number of benzene rings is 1. The maximum atomic E-state index is 13.1. The molecule has 148 valence electrons. The van der Waals surface area contributed by atoms with Crippen LogP contribution in [0.25, 0.3) is 5.69 Å². The number of nitrogens with zero attached hydrogens (tertiary/aromatic N) is 3. The van der Waals surface area contributed by atoms with Crippen LogP contribution in [0.2, 0.25) is 5.02 Å². The van der Waals surface area contributed by atoms with Gasteiger partial charge in [-0.25, -0.2) is 23.2 Å². The Bertz CT molecular complexity index is 792. The number of carbonyl (C=O) groups excluding carboxylic acids is 1. The predicted molar refractivity (Wildman–Crippen MR) is 97.4 cm³/mol. The summed E-state index contributed by atoms with van der Waals surface area (Å²) in [6, 6.07) is 4.37. The van der Waals surface area contributed by atoms with E-state index in [1.54, 1.807) is 46.0 Å². The molecule has 0 radical (unpaired) electrons. The first-order chi connectivity index (χ1) is 12.6. The van der Waals surface area contributed by atoms with Gasteiger partial charge in [-0.3, -0.25) is 0 Å². The van der Waals surface area contributed by atoms with E-state index in [-0.39, 0.29) is 10.7 Å². The lowest BCUT2D eigenvalue weighted by Crippen LogP contribution is -2.38. The Morgan fingerprint density at radius 1 is 1.37 bits per heavy atom. The number of rotatable bonds is 6. The Morgan fingerprint density at radius 3 is 2.67 bits per heavy atom. The van der Waals surface area contributed by atoms with Crippen LogP contribution in [0.1, 0.15) is 44.6 Å². The molecule has 0 bridgehead atoms. The molecule has 27 heavy (non-hydrogen) atoms. The monoisotopic (exact) mass is 401 g/mol. The van der Waals surface area contributed by atoms with Gasteiger partial charge in [0, 0.05) is 6.54 Å². The van der Waals surface area contributed by atoms with E-state index >= 15 is 0 Å². The van der Waals surface area contributed by atoms with Gasteiger partial charge in [-0.1, -0.05) is 17.7 Å². The Hall–Kier alpha value is -2.26. The van der Waals surface area contributed by atoms with Crippen LogP contribution in [0.3, 0.4) is 0 Å². The van der Waals surface area contributed by atoms with Gasteiger partial charge in [0.1, 0.15) is 11.9 Å². The summed E-state index contributed by atoms with van der Waals surface area (Å²) in [5.41, 5.74) is 0.242. The molecular formula is C17H22ClF2N5O2. The molecular weight excluding hydrogens is 380 g/mol. The van der Waals surface area contributed by atoms with Crippen LogP contribution in [0, 0.1) is 0 Å². The lowest BCUT2D eigenvalue weighted by Gasteiger charge is -2.24. The maximum absolute atomic E-state index is 13.1. The van der Waals surface area contributed by atoms with Crippen molar-refractivity contribution >= 4 is 17.7 Å². The summed E-state index contributed by atoms with van der Waals surface area (Å²) in [4.78, 5) is 15.7. The zero-order valence-corrected chi connectivity index (χ0v) is 16.2.